The Morgan fingerprint density at radius 1 is 0.958 bits per heavy atom. The molecule has 0 fully saturated rings. The fourth-order valence-electron chi connectivity index (χ4n) is 2.37. The van der Waals surface area contributed by atoms with Gasteiger partial charge in [0.25, 0.3) is 0 Å². The topological polar surface area (TPSA) is 34.1 Å². The van der Waals surface area contributed by atoms with Crippen LogP contribution in [0.2, 0.25) is 0 Å². The predicted molar refractivity (Wildman–Crippen MR) is 108 cm³/mol. The molecule has 0 radical (unpaired) electrons. The third kappa shape index (κ3) is 5.55. The molecule has 0 spiro atoms. The molecule has 0 saturated heterocycles. The average Bonchev–Trinajstić information content (AvgIpc) is 2.62. The standard InChI is InChI=1S/C17H17BrO2.2C2H6/c1-3-4-8-16(20)14-7-5-6-13-15(18)10-9-12(11(2)19)17(13)14;2*1-2/h5-7,9-10H,3-4,8H2,1-2H3;2*1-2H3. The molecule has 132 valence electrons. The van der Waals surface area contributed by atoms with E-state index in [4.69, 9.17) is 0 Å². The van der Waals surface area contributed by atoms with Gasteiger partial charge in [-0.1, -0.05) is 75.2 Å². The van der Waals surface area contributed by atoms with Gasteiger partial charge in [-0.3, -0.25) is 9.59 Å². The molecule has 0 saturated carbocycles. The van der Waals surface area contributed by atoms with Crippen molar-refractivity contribution in [2.75, 3.05) is 0 Å². The van der Waals surface area contributed by atoms with Gasteiger partial charge in [0.1, 0.15) is 0 Å². The van der Waals surface area contributed by atoms with E-state index in [0.717, 1.165) is 28.1 Å². The molecule has 0 N–H and O–H groups in total. The smallest absolute Gasteiger partial charge is 0.163 e. The van der Waals surface area contributed by atoms with Crippen molar-refractivity contribution in [3.05, 3.63) is 45.9 Å². The lowest BCUT2D eigenvalue weighted by atomic mass is 9.93. The number of Topliss-reactive ketones (excluding diaryl/α,β-unsaturated/α-hetero) is 2. The molecule has 0 amide bonds. The van der Waals surface area contributed by atoms with Crippen LogP contribution in [-0.4, -0.2) is 11.6 Å². The molecule has 2 aromatic carbocycles. The van der Waals surface area contributed by atoms with Gasteiger partial charge in [0.05, 0.1) is 0 Å². The van der Waals surface area contributed by atoms with Crippen LogP contribution in [0.3, 0.4) is 0 Å². The summed E-state index contributed by atoms with van der Waals surface area (Å²) in [5.74, 6) is 0.0938. The van der Waals surface area contributed by atoms with Crippen molar-refractivity contribution < 1.29 is 9.59 Å². The van der Waals surface area contributed by atoms with Crippen LogP contribution in [0.5, 0.6) is 0 Å². The minimum Gasteiger partial charge on any atom is -0.294 e. The van der Waals surface area contributed by atoms with Crippen LogP contribution in [-0.2, 0) is 0 Å². The summed E-state index contributed by atoms with van der Waals surface area (Å²) >= 11 is 3.49. The molecule has 0 atom stereocenters. The molecule has 0 aliphatic heterocycles. The van der Waals surface area contributed by atoms with Gasteiger partial charge < -0.3 is 0 Å². The summed E-state index contributed by atoms with van der Waals surface area (Å²) in [5, 5.41) is 1.69. The van der Waals surface area contributed by atoms with E-state index in [1.807, 2.05) is 52.0 Å². The first-order chi connectivity index (χ1) is 11.6. The Morgan fingerprint density at radius 2 is 1.58 bits per heavy atom. The number of carbonyl (C=O) groups is 2. The molecule has 24 heavy (non-hydrogen) atoms. The Morgan fingerprint density at radius 3 is 2.12 bits per heavy atom. The summed E-state index contributed by atoms with van der Waals surface area (Å²) in [5.41, 5.74) is 1.27. The highest BCUT2D eigenvalue weighted by molar-refractivity contribution is 9.10. The van der Waals surface area contributed by atoms with Crippen LogP contribution in [0.1, 0.15) is 81.5 Å². The first-order valence-electron chi connectivity index (χ1n) is 8.81. The lowest BCUT2D eigenvalue weighted by Gasteiger charge is -2.10. The van der Waals surface area contributed by atoms with Crippen molar-refractivity contribution in [2.24, 2.45) is 0 Å². The van der Waals surface area contributed by atoms with Crippen molar-refractivity contribution in [2.45, 2.75) is 60.8 Å². The Balaban J connectivity index is 0.00000123. The summed E-state index contributed by atoms with van der Waals surface area (Å²) in [6.07, 6.45) is 2.39. The number of fused-ring (bicyclic) bond motifs is 1. The van der Waals surface area contributed by atoms with Gasteiger partial charge in [0.15, 0.2) is 11.6 Å². The molecule has 0 aliphatic rings. The van der Waals surface area contributed by atoms with Crippen molar-refractivity contribution in [3.63, 3.8) is 0 Å². The maximum atomic E-state index is 12.4. The fraction of sp³-hybridized carbons (Fsp3) is 0.429. The van der Waals surface area contributed by atoms with Crippen LogP contribution in [0, 0.1) is 0 Å². The fourth-order valence-corrected chi connectivity index (χ4v) is 2.83. The van der Waals surface area contributed by atoms with Gasteiger partial charge in [-0.05, 0) is 30.9 Å². The van der Waals surface area contributed by atoms with Crippen LogP contribution in [0.15, 0.2) is 34.8 Å². The summed E-state index contributed by atoms with van der Waals surface area (Å²) in [7, 11) is 0. The summed E-state index contributed by atoms with van der Waals surface area (Å²) < 4.78 is 0.905. The Hall–Kier alpha value is -1.48. The second kappa shape index (κ2) is 12.0. The highest BCUT2D eigenvalue weighted by Crippen LogP contribution is 2.31. The number of halogens is 1. The molecule has 0 aromatic heterocycles. The largest absolute Gasteiger partial charge is 0.294 e. The van der Waals surface area contributed by atoms with Gasteiger partial charge >= 0.3 is 0 Å². The molecule has 3 heteroatoms. The third-order valence-corrected chi connectivity index (χ3v) is 4.12. The number of hydrogen-bond donors (Lipinski definition) is 0. The zero-order chi connectivity index (χ0) is 18.7. The van der Waals surface area contributed by atoms with Crippen molar-refractivity contribution in [1.29, 1.82) is 0 Å². The number of unbranched alkanes of at least 4 members (excludes halogenated alkanes) is 1. The lowest BCUT2D eigenvalue weighted by Crippen LogP contribution is -2.04. The molecular formula is C21H29BrO2. The average molecular weight is 393 g/mol. The van der Waals surface area contributed by atoms with E-state index in [2.05, 4.69) is 22.9 Å². The van der Waals surface area contributed by atoms with E-state index in [0.29, 0.717) is 17.5 Å². The summed E-state index contributed by atoms with van der Waals surface area (Å²) in [6.45, 7) is 11.6. The van der Waals surface area contributed by atoms with Crippen molar-refractivity contribution in [3.8, 4) is 0 Å². The first-order valence-corrected chi connectivity index (χ1v) is 9.61. The Kier molecular flexibility index (Phi) is 11.2. The van der Waals surface area contributed by atoms with Crippen molar-refractivity contribution in [1.82, 2.24) is 0 Å². The Labute approximate surface area is 154 Å². The molecule has 0 unspecified atom stereocenters. The monoisotopic (exact) mass is 392 g/mol. The molecular weight excluding hydrogens is 364 g/mol. The lowest BCUT2D eigenvalue weighted by molar-refractivity contribution is 0.0981. The predicted octanol–water partition coefficient (Wildman–Crippen LogP) is 7.23. The molecule has 2 aromatic rings. The summed E-state index contributed by atoms with van der Waals surface area (Å²) in [4.78, 5) is 24.2. The number of hydrogen-bond acceptors (Lipinski definition) is 2. The minimum atomic E-state index is -0.0155. The second-order valence-corrected chi connectivity index (χ2v) is 5.76. The maximum absolute atomic E-state index is 12.4. The molecule has 2 nitrogen and oxygen atoms in total. The molecule has 0 aliphatic carbocycles. The maximum Gasteiger partial charge on any atom is 0.163 e. The first kappa shape index (κ1) is 22.5. The van der Waals surface area contributed by atoms with Gasteiger partial charge in [0, 0.05) is 27.4 Å². The molecule has 0 bridgehead atoms. The summed E-state index contributed by atoms with van der Waals surface area (Å²) in [6, 6.07) is 9.27. The van der Waals surface area contributed by atoms with Crippen LogP contribution in [0.4, 0.5) is 0 Å². The second-order valence-electron chi connectivity index (χ2n) is 4.91. The van der Waals surface area contributed by atoms with E-state index < -0.39 is 0 Å². The van der Waals surface area contributed by atoms with E-state index in [1.54, 1.807) is 6.07 Å². The Bertz CT molecular complexity index is 675. The van der Waals surface area contributed by atoms with Gasteiger partial charge in [-0.2, -0.15) is 0 Å². The van der Waals surface area contributed by atoms with Gasteiger partial charge in [-0.15, -0.1) is 0 Å². The zero-order valence-corrected chi connectivity index (χ0v) is 17.3. The van der Waals surface area contributed by atoms with E-state index in [1.165, 1.54) is 6.92 Å². The highest BCUT2D eigenvalue weighted by atomic mass is 79.9. The quantitative estimate of drug-likeness (QED) is 0.502. The number of benzene rings is 2. The van der Waals surface area contributed by atoms with E-state index >= 15 is 0 Å². The number of rotatable bonds is 5. The van der Waals surface area contributed by atoms with E-state index in [9.17, 15) is 9.59 Å². The highest BCUT2D eigenvalue weighted by Gasteiger charge is 2.16. The van der Waals surface area contributed by atoms with Crippen LogP contribution in [0.25, 0.3) is 10.8 Å². The van der Waals surface area contributed by atoms with Crippen LogP contribution < -0.4 is 0 Å². The third-order valence-electron chi connectivity index (χ3n) is 3.42. The SMILES string of the molecule is CC.CC.CCCCC(=O)c1cccc2c(Br)ccc(C(C)=O)c12. The molecule has 0 heterocycles. The van der Waals surface area contributed by atoms with Crippen LogP contribution >= 0.6 is 15.9 Å². The molecule has 2 rings (SSSR count). The number of carbonyl (C=O) groups excluding carboxylic acids is 2. The zero-order valence-electron chi connectivity index (χ0n) is 15.7. The van der Waals surface area contributed by atoms with E-state index in [-0.39, 0.29) is 11.6 Å². The number of ketones is 2. The van der Waals surface area contributed by atoms with Gasteiger partial charge in [0.2, 0.25) is 0 Å². The normalized spacial score (nSPS) is 9.46. The minimum absolute atomic E-state index is 0.0155. The van der Waals surface area contributed by atoms with Gasteiger partial charge in [-0.25, -0.2) is 0 Å². The van der Waals surface area contributed by atoms with Crippen molar-refractivity contribution >= 4 is 38.3 Å².